The first-order valence-electron chi connectivity index (χ1n) is 6.71. The first kappa shape index (κ1) is 14.4. The summed E-state index contributed by atoms with van der Waals surface area (Å²) in [6.45, 7) is 0. The van der Waals surface area contributed by atoms with Crippen molar-refractivity contribution in [2.75, 3.05) is 5.73 Å². The Morgan fingerprint density at radius 2 is 1.95 bits per heavy atom. The average molecular weight is 285 g/mol. The minimum Gasteiger partial charge on any atom is -0.506 e. The number of nitrogens with one attached hydrogen (secondary N) is 1. The maximum atomic E-state index is 10.4. The van der Waals surface area contributed by atoms with Crippen molar-refractivity contribution < 1.29 is 10.2 Å². The Morgan fingerprint density at radius 3 is 2.58 bits per heavy atom. The SMILES string of the molecule is Cl.Nc1c(O)ccc2c1CCC(NC1CCC1)C2O. The summed E-state index contributed by atoms with van der Waals surface area (Å²) in [5.74, 6) is 0.117. The highest BCUT2D eigenvalue weighted by Crippen LogP contribution is 2.38. The quantitative estimate of drug-likeness (QED) is 0.494. The Balaban J connectivity index is 0.00000133. The van der Waals surface area contributed by atoms with Gasteiger partial charge in [-0.25, -0.2) is 0 Å². The summed E-state index contributed by atoms with van der Waals surface area (Å²) < 4.78 is 0. The van der Waals surface area contributed by atoms with Gasteiger partial charge in [-0.1, -0.05) is 12.5 Å². The van der Waals surface area contributed by atoms with Crippen LogP contribution in [-0.4, -0.2) is 22.3 Å². The largest absolute Gasteiger partial charge is 0.506 e. The van der Waals surface area contributed by atoms with Crippen LogP contribution in [-0.2, 0) is 6.42 Å². The van der Waals surface area contributed by atoms with E-state index in [1.807, 2.05) is 0 Å². The second-order valence-corrected chi connectivity index (χ2v) is 5.45. The lowest BCUT2D eigenvalue weighted by Crippen LogP contribution is -2.47. The van der Waals surface area contributed by atoms with Gasteiger partial charge < -0.3 is 21.3 Å². The van der Waals surface area contributed by atoms with Crippen LogP contribution in [0.15, 0.2) is 12.1 Å². The molecule has 5 heteroatoms. The first-order valence-corrected chi connectivity index (χ1v) is 6.71. The molecular weight excluding hydrogens is 264 g/mol. The molecule has 2 unspecified atom stereocenters. The number of fused-ring (bicyclic) bond motifs is 1. The topological polar surface area (TPSA) is 78.5 Å². The zero-order chi connectivity index (χ0) is 12.7. The van der Waals surface area contributed by atoms with Gasteiger partial charge in [0.15, 0.2) is 0 Å². The Hall–Kier alpha value is -0.970. The number of anilines is 1. The van der Waals surface area contributed by atoms with Gasteiger partial charge in [0.1, 0.15) is 5.75 Å². The minimum absolute atomic E-state index is 0. The van der Waals surface area contributed by atoms with Crippen LogP contribution in [0, 0.1) is 0 Å². The molecule has 1 fully saturated rings. The molecule has 2 aliphatic carbocycles. The zero-order valence-electron chi connectivity index (χ0n) is 10.8. The van der Waals surface area contributed by atoms with Gasteiger partial charge in [0.25, 0.3) is 0 Å². The molecule has 19 heavy (non-hydrogen) atoms. The first-order chi connectivity index (χ1) is 8.66. The van der Waals surface area contributed by atoms with Crippen LogP contribution in [0.4, 0.5) is 5.69 Å². The van der Waals surface area contributed by atoms with E-state index in [0.29, 0.717) is 11.7 Å². The third-order valence-electron chi connectivity index (χ3n) is 4.33. The molecule has 0 aliphatic heterocycles. The van der Waals surface area contributed by atoms with E-state index in [1.165, 1.54) is 19.3 Å². The lowest BCUT2D eigenvalue weighted by molar-refractivity contribution is 0.0993. The number of benzene rings is 1. The Labute approximate surface area is 119 Å². The van der Waals surface area contributed by atoms with Gasteiger partial charge in [0, 0.05) is 12.1 Å². The van der Waals surface area contributed by atoms with Crippen LogP contribution in [0.2, 0.25) is 0 Å². The van der Waals surface area contributed by atoms with Gasteiger partial charge >= 0.3 is 0 Å². The molecule has 2 aliphatic rings. The molecule has 1 aromatic carbocycles. The summed E-state index contributed by atoms with van der Waals surface area (Å²) >= 11 is 0. The summed E-state index contributed by atoms with van der Waals surface area (Å²) in [4.78, 5) is 0. The lowest BCUT2D eigenvalue weighted by Gasteiger charge is -2.37. The predicted molar refractivity (Wildman–Crippen MR) is 77.6 cm³/mol. The summed E-state index contributed by atoms with van der Waals surface area (Å²) in [6.07, 6.45) is 4.90. The van der Waals surface area contributed by atoms with Gasteiger partial charge in [-0.2, -0.15) is 0 Å². The highest BCUT2D eigenvalue weighted by molar-refractivity contribution is 5.85. The standard InChI is InChI=1S/C14H20N2O2.ClH/c15-13-9-4-6-11(16-8-2-1-3-8)14(18)10(9)5-7-12(13)17;/h5,7-8,11,14,16-18H,1-4,6,15H2;1H. The smallest absolute Gasteiger partial charge is 0.138 e. The fourth-order valence-corrected chi connectivity index (χ4v) is 2.95. The molecule has 0 radical (unpaired) electrons. The molecule has 5 N–H and O–H groups in total. The Bertz CT molecular complexity index is 463. The fraction of sp³-hybridized carbons (Fsp3) is 0.571. The summed E-state index contributed by atoms with van der Waals surface area (Å²) in [5.41, 5.74) is 8.07. The highest BCUT2D eigenvalue weighted by Gasteiger charge is 2.32. The van der Waals surface area contributed by atoms with Crippen LogP contribution in [0.1, 0.15) is 42.9 Å². The van der Waals surface area contributed by atoms with Crippen LogP contribution in [0.3, 0.4) is 0 Å². The number of nitrogens with two attached hydrogens (primary N) is 1. The number of hydrogen-bond acceptors (Lipinski definition) is 4. The maximum absolute atomic E-state index is 10.4. The van der Waals surface area contributed by atoms with Gasteiger partial charge in [-0.05, 0) is 42.9 Å². The van der Waals surface area contributed by atoms with Crippen molar-refractivity contribution >= 4 is 18.1 Å². The van der Waals surface area contributed by atoms with E-state index in [0.717, 1.165) is 24.0 Å². The average Bonchev–Trinajstić information content (AvgIpc) is 2.31. The van der Waals surface area contributed by atoms with E-state index < -0.39 is 6.10 Å². The van der Waals surface area contributed by atoms with E-state index >= 15 is 0 Å². The molecule has 0 amide bonds. The van der Waals surface area contributed by atoms with Crippen molar-refractivity contribution in [2.45, 2.75) is 50.3 Å². The summed E-state index contributed by atoms with van der Waals surface area (Å²) in [7, 11) is 0. The van der Waals surface area contributed by atoms with Gasteiger partial charge in [-0.15, -0.1) is 12.4 Å². The number of aliphatic hydroxyl groups is 1. The van der Waals surface area contributed by atoms with E-state index in [9.17, 15) is 10.2 Å². The van der Waals surface area contributed by atoms with Gasteiger partial charge in [0.05, 0.1) is 11.8 Å². The van der Waals surface area contributed by atoms with Crippen LogP contribution in [0.25, 0.3) is 0 Å². The Morgan fingerprint density at radius 1 is 1.21 bits per heavy atom. The molecule has 1 aromatic rings. The normalized spacial score (nSPS) is 26.2. The van der Waals surface area contributed by atoms with Gasteiger partial charge in [-0.3, -0.25) is 0 Å². The molecular formula is C14H21ClN2O2. The van der Waals surface area contributed by atoms with Crippen LogP contribution in [0.5, 0.6) is 5.75 Å². The number of phenolic OH excluding ortho intramolecular Hbond substituents is 1. The van der Waals surface area contributed by atoms with E-state index in [1.54, 1.807) is 12.1 Å². The van der Waals surface area contributed by atoms with Crippen molar-refractivity contribution in [3.05, 3.63) is 23.3 Å². The lowest BCUT2D eigenvalue weighted by atomic mass is 9.83. The van der Waals surface area contributed by atoms with Gasteiger partial charge in [0.2, 0.25) is 0 Å². The second kappa shape index (κ2) is 5.57. The molecule has 0 saturated heterocycles. The molecule has 3 rings (SSSR count). The minimum atomic E-state index is -0.516. The van der Waals surface area contributed by atoms with Crippen molar-refractivity contribution in [1.82, 2.24) is 5.32 Å². The van der Waals surface area contributed by atoms with E-state index in [4.69, 9.17) is 5.73 Å². The zero-order valence-corrected chi connectivity index (χ0v) is 11.6. The molecule has 2 atom stereocenters. The third kappa shape index (κ3) is 2.53. The van der Waals surface area contributed by atoms with Crippen LogP contribution < -0.4 is 11.1 Å². The van der Waals surface area contributed by atoms with Crippen molar-refractivity contribution in [1.29, 1.82) is 0 Å². The molecule has 0 bridgehead atoms. The number of nitrogen functional groups attached to an aromatic ring is 1. The summed E-state index contributed by atoms with van der Waals surface area (Å²) in [5, 5.41) is 23.5. The second-order valence-electron chi connectivity index (χ2n) is 5.45. The molecule has 0 heterocycles. The summed E-state index contributed by atoms with van der Waals surface area (Å²) in [6, 6.07) is 4.05. The maximum Gasteiger partial charge on any atom is 0.138 e. The number of aromatic hydroxyl groups is 1. The Kier molecular flexibility index (Phi) is 4.23. The molecule has 0 aromatic heterocycles. The number of aliphatic hydroxyl groups excluding tert-OH is 1. The number of hydrogen-bond donors (Lipinski definition) is 4. The number of halogens is 1. The van der Waals surface area contributed by atoms with E-state index in [2.05, 4.69) is 5.32 Å². The van der Waals surface area contributed by atoms with E-state index in [-0.39, 0.29) is 24.2 Å². The molecule has 1 saturated carbocycles. The number of phenols is 1. The van der Waals surface area contributed by atoms with Crippen molar-refractivity contribution in [3.8, 4) is 5.75 Å². The predicted octanol–water partition coefficient (Wildman–Crippen LogP) is 1.89. The number of rotatable bonds is 2. The third-order valence-corrected chi connectivity index (χ3v) is 4.33. The fourth-order valence-electron chi connectivity index (χ4n) is 2.95. The molecule has 0 spiro atoms. The molecule has 106 valence electrons. The highest BCUT2D eigenvalue weighted by atomic mass is 35.5. The molecule has 4 nitrogen and oxygen atoms in total. The van der Waals surface area contributed by atoms with Crippen LogP contribution >= 0.6 is 12.4 Å². The van der Waals surface area contributed by atoms with Crippen molar-refractivity contribution in [2.24, 2.45) is 0 Å². The monoisotopic (exact) mass is 284 g/mol. The van der Waals surface area contributed by atoms with Crippen molar-refractivity contribution in [3.63, 3.8) is 0 Å².